The van der Waals surface area contributed by atoms with Crippen molar-refractivity contribution in [3.63, 3.8) is 0 Å². The molecule has 0 radical (unpaired) electrons. The van der Waals surface area contributed by atoms with Gasteiger partial charge in [0.15, 0.2) is 0 Å². The number of aliphatic hydroxyl groups is 1. The lowest BCUT2D eigenvalue weighted by Crippen LogP contribution is -2.56. The van der Waals surface area contributed by atoms with Crippen molar-refractivity contribution in [2.24, 2.45) is 0 Å². The van der Waals surface area contributed by atoms with Gasteiger partial charge in [0.05, 0.1) is 12.2 Å². The molecule has 2 atom stereocenters. The molecule has 3 rings (SSSR count). The van der Waals surface area contributed by atoms with Crippen LogP contribution in [0.25, 0.3) is 0 Å². The van der Waals surface area contributed by atoms with Crippen LogP contribution in [0.4, 0.5) is 0 Å². The van der Waals surface area contributed by atoms with Gasteiger partial charge in [-0.3, -0.25) is 0 Å². The molecule has 2 unspecified atom stereocenters. The first-order chi connectivity index (χ1) is 3.88. The highest BCUT2D eigenvalue weighted by Gasteiger charge is 2.43. The van der Waals surface area contributed by atoms with Crippen LogP contribution in [-0.4, -0.2) is 23.4 Å². The molecule has 1 N–H and O–H groups in total. The molecule has 2 saturated heterocycles. The summed E-state index contributed by atoms with van der Waals surface area (Å²) in [6.45, 7) is 0. The number of aliphatic hydroxyl groups excluding tert-OH is 1. The average Bonchev–Trinajstić information content (AvgIpc) is 1.89. The van der Waals surface area contributed by atoms with E-state index in [4.69, 9.17) is 9.84 Å². The minimum atomic E-state index is -0.122. The standard InChI is InChI=1S/C6H10O2/c7-6-4-2-1-3-5(6)8-4/h4-7H,1-3H2. The summed E-state index contributed by atoms with van der Waals surface area (Å²) in [5.74, 6) is 0. The second kappa shape index (κ2) is 1.45. The quantitative estimate of drug-likeness (QED) is 0.490. The van der Waals surface area contributed by atoms with Gasteiger partial charge in [-0.25, -0.2) is 0 Å². The predicted molar refractivity (Wildman–Crippen MR) is 28.5 cm³/mol. The molecule has 0 aromatic carbocycles. The van der Waals surface area contributed by atoms with Gasteiger partial charge in [0.25, 0.3) is 0 Å². The molecule has 2 aliphatic heterocycles. The Morgan fingerprint density at radius 1 is 1.25 bits per heavy atom. The molecule has 8 heavy (non-hydrogen) atoms. The lowest BCUT2D eigenvalue weighted by atomic mass is 9.86. The normalized spacial score (nSPS) is 52.9. The van der Waals surface area contributed by atoms with E-state index in [0.717, 1.165) is 12.8 Å². The summed E-state index contributed by atoms with van der Waals surface area (Å²) in [5, 5.41) is 9.10. The van der Waals surface area contributed by atoms with Crippen molar-refractivity contribution in [3.8, 4) is 0 Å². The molecular weight excluding hydrogens is 104 g/mol. The number of ether oxygens (including phenoxy) is 1. The van der Waals surface area contributed by atoms with E-state index in [2.05, 4.69) is 0 Å². The number of fused-ring (bicyclic) bond motifs is 2. The second-order valence-corrected chi connectivity index (χ2v) is 2.63. The third kappa shape index (κ3) is 0.446. The third-order valence-electron chi connectivity index (χ3n) is 2.09. The molecule has 0 spiro atoms. The van der Waals surface area contributed by atoms with Crippen LogP contribution < -0.4 is 0 Å². The van der Waals surface area contributed by atoms with Crippen molar-refractivity contribution in [2.45, 2.75) is 37.6 Å². The Bertz CT molecular complexity index is 88.7. The largest absolute Gasteiger partial charge is 0.388 e. The summed E-state index contributed by atoms with van der Waals surface area (Å²) in [7, 11) is 0. The Morgan fingerprint density at radius 2 is 1.88 bits per heavy atom. The molecule has 3 aliphatic rings. The maximum absolute atomic E-state index is 9.10. The monoisotopic (exact) mass is 114 g/mol. The van der Waals surface area contributed by atoms with E-state index >= 15 is 0 Å². The summed E-state index contributed by atoms with van der Waals surface area (Å²) in [6.07, 6.45) is 3.66. The Kier molecular flexibility index (Phi) is 0.866. The minimum Gasteiger partial charge on any atom is -0.388 e. The van der Waals surface area contributed by atoms with E-state index in [1.807, 2.05) is 0 Å². The fourth-order valence-electron chi connectivity index (χ4n) is 1.53. The average molecular weight is 114 g/mol. The second-order valence-electron chi connectivity index (χ2n) is 2.63. The summed E-state index contributed by atoms with van der Waals surface area (Å²) in [4.78, 5) is 0. The Hall–Kier alpha value is -0.0800. The summed E-state index contributed by atoms with van der Waals surface area (Å²) < 4.78 is 5.24. The van der Waals surface area contributed by atoms with Gasteiger partial charge >= 0.3 is 0 Å². The first-order valence-electron chi connectivity index (χ1n) is 3.21. The van der Waals surface area contributed by atoms with Gasteiger partial charge in [-0.1, -0.05) is 0 Å². The minimum absolute atomic E-state index is 0.122. The molecule has 0 amide bonds. The first kappa shape index (κ1) is 4.77. The summed E-state index contributed by atoms with van der Waals surface area (Å²) in [5.41, 5.74) is 0. The van der Waals surface area contributed by atoms with E-state index in [1.54, 1.807) is 0 Å². The highest BCUT2D eigenvalue weighted by Crippen LogP contribution is 2.34. The summed E-state index contributed by atoms with van der Waals surface area (Å²) >= 11 is 0. The van der Waals surface area contributed by atoms with Crippen LogP contribution in [0.2, 0.25) is 0 Å². The highest BCUT2D eigenvalue weighted by molar-refractivity contribution is 4.92. The van der Waals surface area contributed by atoms with Crippen molar-refractivity contribution in [2.75, 3.05) is 0 Å². The van der Waals surface area contributed by atoms with Crippen molar-refractivity contribution >= 4 is 0 Å². The molecular formula is C6H10O2. The Balaban J connectivity index is 2.03. The molecule has 46 valence electrons. The maximum Gasteiger partial charge on any atom is 0.106 e. The van der Waals surface area contributed by atoms with E-state index in [9.17, 15) is 0 Å². The third-order valence-corrected chi connectivity index (χ3v) is 2.09. The van der Waals surface area contributed by atoms with E-state index < -0.39 is 0 Å². The van der Waals surface area contributed by atoms with Gasteiger partial charge in [0.1, 0.15) is 6.10 Å². The molecule has 2 bridgehead atoms. The van der Waals surface area contributed by atoms with Crippen molar-refractivity contribution in [1.29, 1.82) is 0 Å². The fourth-order valence-corrected chi connectivity index (χ4v) is 1.53. The number of hydrogen-bond donors (Lipinski definition) is 1. The topological polar surface area (TPSA) is 29.5 Å². The van der Waals surface area contributed by atoms with Gasteiger partial charge < -0.3 is 9.84 Å². The maximum atomic E-state index is 9.10. The van der Waals surface area contributed by atoms with Crippen LogP contribution in [0.1, 0.15) is 19.3 Å². The van der Waals surface area contributed by atoms with E-state index in [0.29, 0.717) is 0 Å². The highest BCUT2D eigenvalue weighted by atomic mass is 16.6. The lowest BCUT2D eigenvalue weighted by Gasteiger charge is -2.46. The zero-order valence-electron chi connectivity index (χ0n) is 4.71. The Labute approximate surface area is 48.5 Å². The van der Waals surface area contributed by atoms with Gasteiger partial charge in [-0.2, -0.15) is 0 Å². The Morgan fingerprint density at radius 3 is 2.12 bits per heavy atom. The first-order valence-corrected chi connectivity index (χ1v) is 3.21. The van der Waals surface area contributed by atoms with Gasteiger partial charge in [0.2, 0.25) is 0 Å². The predicted octanol–water partition coefficient (Wildman–Crippen LogP) is 0.299. The van der Waals surface area contributed by atoms with E-state index in [1.165, 1.54) is 6.42 Å². The molecule has 0 aromatic heterocycles. The fraction of sp³-hybridized carbons (Fsp3) is 1.00. The van der Waals surface area contributed by atoms with Crippen molar-refractivity contribution in [1.82, 2.24) is 0 Å². The summed E-state index contributed by atoms with van der Waals surface area (Å²) in [6, 6.07) is 0. The lowest BCUT2D eigenvalue weighted by molar-refractivity contribution is -0.245. The van der Waals surface area contributed by atoms with Crippen molar-refractivity contribution < 1.29 is 9.84 Å². The van der Waals surface area contributed by atoms with E-state index in [-0.39, 0.29) is 18.3 Å². The molecule has 2 heteroatoms. The van der Waals surface area contributed by atoms with Crippen molar-refractivity contribution in [3.05, 3.63) is 0 Å². The number of rotatable bonds is 0. The zero-order chi connectivity index (χ0) is 5.56. The van der Waals surface area contributed by atoms with Gasteiger partial charge in [-0.05, 0) is 19.3 Å². The van der Waals surface area contributed by atoms with Crippen LogP contribution in [0.5, 0.6) is 0 Å². The van der Waals surface area contributed by atoms with Gasteiger partial charge in [-0.15, -0.1) is 0 Å². The van der Waals surface area contributed by atoms with Crippen LogP contribution in [0.3, 0.4) is 0 Å². The van der Waals surface area contributed by atoms with Gasteiger partial charge in [0, 0.05) is 0 Å². The number of hydrogen-bond acceptors (Lipinski definition) is 2. The molecule has 3 fully saturated rings. The molecule has 1 saturated carbocycles. The SMILES string of the molecule is OC1C2CCCC1O2. The van der Waals surface area contributed by atoms with Crippen LogP contribution in [-0.2, 0) is 4.74 Å². The molecule has 2 heterocycles. The molecule has 1 aliphatic carbocycles. The smallest absolute Gasteiger partial charge is 0.106 e. The molecule has 2 nitrogen and oxygen atoms in total. The molecule has 0 aromatic rings. The van der Waals surface area contributed by atoms with Crippen LogP contribution >= 0.6 is 0 Å². The van der Waals surface area contributed by atoms with Crippen LogP contribution in [0, 0.1) is 0 Å². The zero-order valence-corrected chi connectivity index (χ0v) is 4.71. The van der Waals surface area contributed by atoms with Crippen LogP contribution in [0.15, 0.2) is 0 Å².